The Hall–Kier alpha value is -1.26. The van der Waals surface area contributed by atoms with Gasteiger partial charge in [0.05, 0.1) is 6.61 Å². The van der Waals surface area contributed by atoms with Crippen LogP contribution in [-0.4, -0.2) is 42.7 Å². The number of rotatable bonds is 11. The Morgan fingerprint density at radius 2 is 1.32 bits per heavy atom. The molecule has 0 heterocycles. The smallest absolute Gasteiger partial charge is 0.300 e. The van der Waals surface area contributed by atoms with Gasteiger partial charge >= 0.3 is 0 Å². The van der Waals surface area contributed by atoms with Gasteiger partial charge in [0.1, 0.15) is 0 Å². The summed E-state index contributed by atoms with van der Waals surface area (Å²) in [5, 5.41) is 14.9. The van der Waals surface area contributed by atoms with Crippen LogP contribution >= 0.6 is 0 Å². The van der Waals surface area contributed by atoms with E-state index in [9.17, 15) is 0 Å². The molecule has 0 amide bonds. The number of nitrogens with one attached hydrogen (secondary N) is 1. The van der Waals surface area contributed by atoms with Crippen LogP contribution in [0.15, 0.2) is 0 Å². The van der Waals surface area contributed by atoms with Crippen molar-refractivity contribution in [3.05, 3.63) is 0 Å². The highest BCUT2D eigenvalue weighted by molar-refractivity contribution is 5.69. The first kappa shape index (κ1) is 23.0. The topological polar surface area (TPSA) is 73.6 Å². The molecule has 0 fully saturated rings. The molecule has 0 saturated carbocycles. The fourth-order valence-corrected chi connectivity index (χ4v) is 1.89. The van der Waals surface area contributed by atoms with E-state index in [1.54, 1.807) is 4.90 Å². The molecule has 0 aliphatic carbocycles. The van der Waals surface area contributed by atoms with Crippen molar-refractivity contribution in [2.45, 2.75) is 78.1 Å². The highest BCUT2D eigenvalue weighted by Crippen LogP contribution is 2.10. The number of nitrogens with zero attached hydrogens (tertiary/aromatic N) is 1. The number of amidine groups is 1. The third-order valence-corrected chi connectivity index (χ3v) is 3.14. The molecule has 0 aromatic rings. The molecule has 0 aliphatic heterocycles. The molecule has 2 N–H and O–H groups in total. The maximum Gasteiger partial charge on any atom is 0.300 e. The molecule has 0 atom stereocenters. The first-order valence-electron chi connectivity index (χ1n) is 8.50. The SMILES string of the molecule is CC(=O)O.CCCCCCCCCCCCOC(=N)N(C)C. The van der Waals surface area contributed by atoms with Crippen LogP contribution in [0.4, 0.5) is 0 Å². The number of carbonyl (C=O) groups is 1. The van der Waals surface area contributed by atoms with Crippen molar-refractivity contribution in [1.29, 1.82) is 5.41 Å². The standard InChI is InChI=1S/C15H32N2O.C2H4O2/c1-4-5-6-7-8-9-10-11-12-13-14-18-15(16)17(2)3;1-2(3)4/h16H,4-14H2,1-3H3;1H3,(H,3,4). The molecule has 0 aliphatic rings. The molecule has 0 rings (SSSR count). The Bertz CT molecular complexity index is 265. The second-order valence-corrected chi connectivity index (χ2v) is 5.75. The van der Waals surface area contributed by atoms with Gasteiger partial charge in [0.15, 0.2) is 0 Å². The minimum Gasteiger partial charge on any atom is -0.481 e. The van der Waals surface area contributed by atoms with E-state index >= 15 is 0 Å². The zero-order chi connectivity index (χ0) is 17.2. The lowest BCUT2D eigenvalue weighted by atomic mass is 10.1. The molecule has 0 bridgehead atoms. The number of carboxylic acids is 1. The maximum atomic E-state index is 9.00. The predicted octanol–water partition coefficient (Wildman–Crippen LogP) is 4.51. The first-order valence-corrected chi connectivity index (χ1v) is 8.50. The number of hydrogen-bond donors (Lipinski definition) is 2. The molecule has 132 valence electrons. The number of aliphatic carboxylic acids is 1. The molecule has 0 aromatic carbocycles. The van der Waals surface area contributed by atoms with Crippen LogP contribution < -0.4 is 0 Å². The summed E-state index contributed by atoms with van der Waals surface area (Å²) in [5.41, 5.74) is 0. The van der Waals surface area contributed by atoms with Gasteiger partial charge < -0.3 is 14.7 Å². The second kappa shape index (κ2) is 17.8. The Kier molecular flexibility index (Phi) is 18.6. The van der Waals surface area contributed by atoms with Crippen molar-refractivity contribution in [2.24, 2.45) is 0 Å². The third-order valence-electron chi connectivity index (χ3n) is 3.14. The van der Waals surface area contributed by atoms with Gasteiger partial charge in [-0.15, -0.1) is 0 Å². The van der Waals surface area contributed by atoms with Crippen molar-refractivity contribution >= 4 is 12.0 Å². The van der Waals surface area contributed by atoms with Crippen molar-refractivity contribution in [1.82, 2.24) is 4.90 Å². The summed E-state index contributed by atoms with van der Waals surface area (Å²) >= 11 is 0. The van der Waals surface area contributed by atoms with E-state index in [-0.39, 0.29) is 6.02 Å². The summed E-state index contributed by atoms with van der Waals surface area (Å²) in [4.78, 5) is 10.7. The Morgan fingerprint density at radius 1 is 0.955 bits per heavy atom. The van der Waals surface area contributed by atoms with Crippen LogP contribution in [0.25, 0.3) is 0 Å². The third kappa shape index (κ3) is 23.8. The largest absolute Gasteiger partial charge is 0.481 e. The van der Waals surface area contributed by atoms with Gasteiger partial charge in [0, 0.05) is 21.0 Å². The number of carboxylic acid groups (broad SMARTS) is 1. The quantitative estimate of drug-likeness (QED) is 0.334. The first-order chi connectivity index (χ1) is 10.4. The monoisotopic (exact) mass is 316 g/mol. The summed E-state index contributed by atoms with van der Waals surface area (Å²) in [7, 11) is 3.67. The lowest BCUT2D eigenvalue weighted by molar-refractivity contribution is -0.134. The van der Waals surface area contributed by atoms with E-state index in [1.807, 2.05) is 14.1 Å². The van der Waals surface area contributed by atoms with Crippen LogP contribution in [0.3, 0.4) is 0 Å². The van der Waals surface area contributed by atoms with Gasteiger partial charge in [-0.05, 0) is 6.42 Å². The normalized spacial score (nSPS) is 9.64. The summed E-state index contributed by atoms with van der Waals surface area (Å²) in [5.74, 6) is -0.833. The minimum absolute atomic E-state index is 0.269. The minimum atomic E-state index is -0.833. The molecule has 22 heavy (non-hydrogen) atoms. The zero-order valence-electron chi connectivity index (χ0n) is 15.0. The van der Waals surface area contributed by atoms with E-state index < -0.39 is 5.97 Å². The molecule has 5 heteroatoms. The molecule has 0 spiro atoms. The number of ether oxygens (including phenoxy) is 1. The molecular weight excluding hydrogens is 280 g/mol. The van der Waals surface area contributed by atoms with Gasteiger partial charge in [0.2, 0.25) is 0 Å². The second-order valence-electron chi connectivity index (χ2n) is 5.75. The summed E-state index contributed by atoms with van der Waals surface area (Å²) < 4.78 is 5.28. The van der Waals surface area contributed by atoms with Crippen molar-refractivity contribution in [2.75, 3.05) is 20.7 Å². The van der Waals surface area contributed by atoms with Crippen LogP contribution in [0, 0.1) is 5.41 Å². The summed E-state index contributed by atoms with van der Waals surface area (Å²) in [6.07, 6.45) is 13.3. The van der Waals surface area contributed by atoms with E-state index in [2.05, 4.69) is 6.92 Å². The highest BCUT2D eigenvalue weighted by Gasteiger charge is 1.98. The van der Waals surface area contributed by atoms with E-state index in [0.29, 0.717) is 6.61 Å². The fraction of sp³-hybridized carbons (Fsp3) is 0.882. The highest BCUT2D eigenvalue weighted by atomic mass is 16.5. The van der Waals surface area contributed by atoms with Gasteiger partial charge in [-0.2, -0.15) is 0 Å². The maximum absolute atomic E-state index is 9.00. The van der Waals surface area contributed by atoms with Crippen molar-refractivity contribution < 1.29 is 14.6 Å². The van der Waals surface area contributed by atoms with Crippen LogP contribution in [0.2, 0.25) is 0 Å². The summed E-state index contributed by atoms with van der Waals surface area (Å²) in [6, 6.07) is 0.269. The molecule has 0 radical (unpaired) electrons. The lowest BCUT2D eigenvalue weighted by Gasteiger charge is -2.13. The van der Waals surface area contributed by atoms with Crippen LogP contribution in [0.1, 0.15) is 78.1 Å². The molecule has 0 aromatic heterocycles. The fourth-order valence-electron chi connectivity index (χ4n) is 1.89. The average molecular weight is 316 g/mol. The predicted molar refractivity (Wildman–Crippen MR) is 92.5 cm³/mol. The summed E-state index contributed by atoms with van der Waals surface area (Å²) in [6.45, 7) is 4.03. The van der Waals surface area contributed by atoms with Crippen molar-refractivity contribution in [3.8, 4) is 0 Å². The van der Waals surface area contributed by atoms with Gasteiger partial charge in [-0.3, -0.25) is 10.2 Å². The Labute approximate surface area is 136 Å². The van der Waals surface area contributed by atoms with E-state index in [4.69, 9.17) is 20.0 Å². The van der Waals surface area contributed by atoms with E-state index in [0.717, 1.165) is 13.3 Å². The molecule has 5 nitrogen and oxygen atoms in total. The van der Waals surface area contributed by atoms with Crippen LogP contribution in [0.5, 0.6) is 0 Å². The Balaban J connectivity index is 0. The number of unbranched alkanes of at least 4 members (excludes halogenated alkanes) is 9. The lowest BCUT2D eigenvalue weighted by Crippen LogP contribution is -2.23. The van der Waals surface area contributed by atoms with Gasteiger partial charge in [-0.1, -0.05) is 64.7 Å². The van der Waals surface area contributed by atoms with Gasteiger partial charge in [-0.25, -0.2) is 0 Å². The molecule has 0 unspecified atom stereocenters. The molecule has 0 saturated heterocycles. The zero-order valence-corrected chi connectivity index (χ0v) is 15.0. The number of hydrogen-bond acceptors (Lipinski definition) is 3. The van der Waals surface area contributed by atoms with Crippen LogP contribution in [-0.2, 0) is 9.53 Å². The Morgan fingerprint density at radius 3 is 1.68 bits per heavy atom. The molecular formula is C17H36N2O3. The van der Waals surface area contributed by atoms with Gasteiger partial charge in [0.25, 0.3) is 12.0 Å². The van der Waals surface area contributed by atoms with E-state index in [1.165, 1.54) is 57.8 Å². The average Bonchev–Trinajstić information content (AvgIpc) is 2.43. The van der Waals surface area contributed by atoms with Crippen molar-refractivity contribution in [3.63, 3.8) is 0 Å².